The van der Waals surface area contributed by atoms with Gasteiger partial charge in [0.15, 0.2) is 7.28 Å². The molecule has 66 heavy (non-hydrogen) atoms. The van der Waals surface area contributed by atoms with Gasteiger partial charge < -0.3 is 18.7 Å². The normalized spacial score (nSPS) is 12.6. The van der Waals surface area contributed by atoms with Crippen molar-refractivity contribution in [3.05, 3.63) is 188 Å². The van der Waals surface area contributed by atoms with Crippen LogP contribution in [-0.2, 0) is 5.41 Å². The highest BCUT2D eigenvalue weighted by Crippen LogP contribution is 2.46. The molecule has 9 aromatic carbocycles. The first-order valence-electron chi connectivity index (χ1n) is 22.8. The molecule has 312 valence electrons. The van der Waals surface area contributed by atoms with Crippen LogP contribution in [0.2, 0.25) is 0 Å². The number of benzene rings is 9. The molecule has 1 aliphatic rings. The molecule has 0 saturated carbocycles. The summed E-state index contributed by atoms with van der Waals surface area (Å²) in [6, 6.07) is 66.2. The zero-order chi connectivity index (χ0) is 43.8. The number of hydrogen-bond donors (Lipinski definition) is 1. The molecule has 14 rings (SSSR count). The van der Waals surface area contributed by atoms with Crippen LogP contribution in [0.15, 0.2) is 191 Å². The van der Waals surface area contributed by atoms with Crippen LogP contribution in [-0.4, -0.2) is 11.8 Å². The van der Waals surface area contributed by atoms with E-state index in [2.05, 4.69) is 207 Å². The molecular formula is C60H41BN2O2S. The van der Waals surface area contributed by atoms with Crippen molar-refractivity contribution in [3.63, 3.8) is 0 Å². The van der Waals surface area contributed by atoms with E-state index in [0.717, 1.165) is 85.2 Å². The molecule has 1 N–H and O–H groups in total. The summed E-state index contributed by atoms with van der Waals surface area (Å²) in [5.41, 5.74) is 15.9. The molecular weight excluding hydrogens is 824 g/mol. The lowest BCUT2D eigenvalue weighted by atomic mass is 9.58. The summed E-state index contributed by atoms with van der Waals surface area (Å²) < 4.78 is 18.7. The molecule has 5 heterocycles. The van der Waals surface area contributed by atoms with E-state index in [-0.39, 0.29) is 5.41 Å². The zero-order valence-corrected chi connectivity index (χ0v) is 37.5. The average Bonchev–Trinajstić information content (AvgIpc) is 4.10. The Morgan fingerprint density at radius 3 is 1.95 bits per heavy atom. The third kappa shape index (κ3) is 5.58. The van der Waals surface area contributed by atoms with Crippen LogP contribution in [0.5, 0.6) is 0 Å². The largest absolute Gasteiger partial charge is 0.456 e. The number of aromatic nitrogens is 1. The Hall–Kier alpha value is -7.80. The second-order valence-electron chi connectivity index (χ2n) is 18.9. The van der Waals surface area contributed by atoms with Crippen LogP contribution in [0.25, 0.3) is 114 Å². The van der Waals surface area contributed by atoms with E-state index in [1.54, 1.807) is 0 Å². The summed E-state index contributed by atoms with van der Waals surface area (Å²) >= 11 is 1.86. The molecule has 6 heteroatoms. The fourth-order valence-corrected chi connectivity index (χ4v) is 11.9. The van der Waals surface area contributed by atoms with Crippen molar-refractivity contribution in [2.75, 3.05) is 5.32 Å². The second-order valence-corrected chi connectivity index (χ2v) is 20.0. The summed E-state index contributed by atoms with van der Waals surface area (Å²) in [4.78, 5) is 0. The summed E-state index contributed by atoms with van der Waals surface area (Å²) in [6.45, 7) is 6.80. The van der Waals surface area contributed by atoms with E-state index in [0.29, 0.717) is 0 Å². The van der Waals surface area contributed by atoms with Crippen molar-refractivity contribution < 1.29 is 8.83 Å². The first-order chi connectivity index (χ1) is 32.3. The molecule has 0 aliphatic carbocycles. The number of rotatable bonds is 5. The van der Waals surface area contributed by atoms with Crippen molar-refractivity contribution >= 4 is 116 Å². The third-order valence-electron chi connectivity index (χ3n) is 14.0. The van der Waals surface area contributed by atoms with E-state index < -0.39 is 0 Å². The van der Waals surface area contributed by atoms with Crippen molar-refractivity contribution in [1.29, 1.82) is 0 Å². The van der Waals surface area contributed by atoms with Gasteiger partial charge in [0, 0.05) is 97.8 Å². The summed E-state index contributed by atoms with van der Waals surface area (Å²) in [7, 11) is 0.746. The van der Waals surface area contributed by atoms with Crippen LogP contribution < -0.4 is 16.2 Å². The standard InChI is InChI=1S/C60H41BN2O2S/c1-60(2,3)36-22-24-37(25-23-36)62-49-32-55-45(39-19-11-13-21-54(39)66-55)28-42(49)40-26-27-41-43-29-44-38-18-10-12-20-52(38)64-53(44)33-50(43)63-51-31-47-46(30-48(51)61-56(40)57(41)63)58(34-14-6-4-7-15-34)65-59(47)35-16-8-5-9-17-35/h4-33,61-62H,1-3H3. The zero-order valence-electron chi connectivity index (χ0n) is 36.7. The third-order valence-corrected chi connectivity index (χ3v) is 15.1. The Kier molecular flexibility index (Phi) is 7.89. The molecule has 4 nitrogen and oxygen atoms in total. The lowest BCUT2D eigenvalue weighted by Gasteiger charge is -2.24. The SMILES string of the molecule is CC(C)(C)c1ccc(Nc2cc3sc4ccccc4c3cc2-c2ccc3c4cc5c(cc4n4c3c2Bc2cc3c(-c6ccccc6)oc(-c6ccccc6)c3cc2-4)oc2ccccc25)cc1. The second kappa shape index (κ2) is 13.9. The maximum absolute atomic E-state index is 7.00. The predicted octanol–water partition coefficient (Wildman–Crippen LogP) is 15.5. The average molecular weight is 865 g/mol. The quantitative estimate of drug-likeness (QED) is 0.175. The van der Waals surface area contributed by atoms with E-state index >= 15 is 0 Å². The number of thiophene rings is 1. The van der Waals surface area contributed by atoms with E-state index in [4.69, 9.17) is 8.83 Å². The maximum atomic E-state index is 7.00. The molecule has 4 aromatic heterocycles. The maximum Gasteiger partial charge on any atom is 0.198 e. The van der Waals surface area contributed by atoms with Gasteiger partial charge in [-0.15, -0.1) is 11.3 Å². The molecule has 0 spiro atoms. The number of anilines is 2. The molecule has 0 fully saturated rings. The van der Waals surface area contributed by atoms with E-state index in [1.165, 1.54) is 64.1 Å². The Morgan fingerprint density at radius 2 is 1.20 bits per heavy atom. The van der Waals surface area contributed by atoms with Crippen LogP contribution in [0.4, 0.5) is 11.4 Å². The topological polar surface area (TPSA) is 43.2 Å². The van der Waals surface area contributed by atoms with Gasteiger partial charge in [-0.05, 0) is 70.5 Å². The highest BCUT2D eigenvalue weighted by molar-refractivity contribution is 7.25. The van der Waals surface area contributed by atoms with Crippen molar-refractivity contribution in [3.8, 4) is 39.5 Å². The molecule has 1 aliphatic heterocycles. The Morgan fingerprint density at radius 1 is 0.500 bits per heavy atom. The minimum absolute atomic E-state index is 0.0646. The summed E-state index contributed by atoms with van der Waals surface area (Å²) in [5.74, 6) is 1.76. The van der Waals surface area contributed by atoms with Gasteiger partial charge in [-0.25, -0.2) is 0 Å². The summed E-state index contributed by atoms with van der Waals surface area (Å²) in [6.07, 6.45) is 0. The van der Waals surface area contributed by atoms with Crippen molar-refractivity contribution in [1.82, 2.24) is 4.57 Å². The van der Waals surface area contributed by atoms with Gasteiger partial charge in [0.05, 0.1) is 5.52 Å². The molecule has 0 bridgehead atoms. The minimum Gasteiger partial charge on any atom is -0.456 e. The summed E-state index contributed by atoms with van der Waals surface area (Å²) in [5, 5.41) is 13.4. The van der Waals surface area contributed by atoms with Gasteiger partial charge in [-0.1, -0.05) is 154 Å². The van der Waals surface area contributed by atoms with Gasteiger partial charge in [0.2, 0.25) is 0 Å². The van der Waals surface area contributed by atoms with Gasteiger partial charge in [0.1, 0.15) is 22.7 Å². The number of fused-ring (bicyclic) bond motifs is 12. The smallest absolute Gasteiger partial charge is 0.198 e. The van der Waals surface area contributed by atoms with Crippen LogP contribution >= 0.6 is 11.3 Å². The van der Waals surface area contributed by atoms with Crippen molar-refractivity contribution in [2.45, 2.75) is 26.2 Å². The highest BCUT2D eigenvalue weighted by Gasteiger charge is 2.30. The first-order valence-corrected chi connectivity index (χ1v) is 23.6. The Bertz CT molecular complexity index is 4130. The van der Waals surface area contributed by atoms with Gasteiger partial charge in [-0.3, -0.25) is 0 Å². The number of nitrogens with zero attached hydrogens (tertiary/aromatic N) is 1. The fourth-order valence-electron chi connectivity index (χ4n) is 10.7. The molecule has 0 unspecified atom stereocenters. The van der Waals surface area contributed by atoms with Crippen molar-refractivity contribution in [2.24, 2.45) is 0 Å². The highest BCUT2D eigenvalue weighted by atomic mass is 32.1. The van der Waals surface area contributed by atoms with Crippen LogP contribution in [0.3, 0.4) is 0 Å². The lowest BCUT2D eigenvalue weighted by molar-refractivity contribution is 0.590. The molecule has 0 atom stereocenters. The molecule has 0 radical (unpaired) electrons. The lowest BCUT2D eigenvalue weighted by Crippen LogP contribution is -2.37. The fraction of sp³-hybridized carbons (Fsp3) is 0.0667. The van der Waals surface area contributed by atoms with Crippen LogP contribution in [0, 0.1) is 0 Å². The van der Waals surface area contributed by atoms with Gasteiger partial charge in [-0.2, -0.15) is 0 Å². The first kappa shape index (κ1) is 37.6. The Labute approximate surface area is 385 Å². The molecule has 0 saturated heterocycles. The molecule has 0 amide bonds. The monoisotopic (exact) mass is 864 g/mol. The molecule has 13 aromatic rings. The number of nitrogens with one attached hydrogen (secondary N) is 1. The number of para-hydroxylation sites is 1. The van der Waals surface area contributed by atoms with Gasteiger partial charge in [0.25, 0.3) is 0 Å². The van der Waals surface area contributed by atoms with Crippen LogP contribution in [0.1, 0.15) is 26.3 Å². The minimum atomic E-state index is 0.0646. The number of hydrogen-bond acceptors (Lipinski definition) is 4. The van der Waals surface area contributed by atoms with E-state index in [1.807, 2.05) is 17.4 Å². The number of furan rings is 2. The predicted molar refractivity (Wildman–Crippen MR) is 282 cm³/mol. The van der Waals surface area contributed by atoms with Gasteiger partial charge >= 0.3 is 0 Å². The van der Waals surface area contributed by atoms with E-state index in [9.17, 15) is 0 Å². The Balaban J connectivity index is 1.07.